The molecule has 0 spiro atoms. The van der Waals surface area contributed by atoms with Gasteiger partial charge in [0.25, 0.3) is 0 Å². The van der Waals surface area contributed by atoms with Crippen molar-refractivity contribution in [3.63, 3.8) is 0 Å². The maximum Gasteiger partial charge on any atom is 0.120 e. The van der Waals surface area contributed by atoms with Gasteiger partial charge in [-0.05, 0) is 52.2 Å². The highest BCUT2D eigenvalue weighted by Crippen LogP contribution is 2.53. The molecule has 0 bridgehead atoms. The third-order valence-electron chi connectivity index (χ3n) is 6.50. The lowest BCUT2D eigenvalue weighted by molar-refractivity contribution is 0.239. The minimum atomic E-state index is -0.337. The third kappa shape index (κ3) is 3.61. The lowest BCUT2D eigenvalue weighted by Gasteiger charge is -2.40. The number of hydrogen-bond acceptors (Lipinski definition) is 5. The summed E-state index contributed by atoms with van der Waals surface area (Å²) in [7, 11) is 0. The second kappa shape index (κ2) is 7.65. The molecule has 0 fully saturated rings. The monoisotopic (exact) mass is 454 g/mol. The van der Waals surface area contributed by atoms with Gasteiger partial charge in [0.1, 0.15) is 16.8 Å². The SMILES string of the molecule is C=C1C=C(O)C(C(C)(C)CC(C)(C)C)=C(c2cccc3[nH]nnc23)C1c1cccc2[nH]nnc12. The Bertz CT molecular complexity index is 1480. The molecule has 1 aliphatic carbocycles. The number of rotatable bonds is 4. The van der Waals surface area contributed by atoms with Gasteiger partial charge >= 0.3 is 0 Å². The maximum absolute atomic E-state index is 11.4. The van der Waals surface area contributed by atoms with E-state index in [2.05, 4.69) is 84.2 Å². The zero-order chi connectivity index (χ0) is 24.3. The zero-order valence-corrected chi connectivity index (χ0v) is 20.3. The van der Waals surface area contributed by atoms with E-state index in [1.54, 1.807) is 6.08 Å². The summed E-state index contributed by atoms with van der Waals surface area (Å²) in [5.41, 5.74) is 7.56. The fourth-order valence-corrected chi connectivity index (χ4v) is 5.78. The van der Waals surface area contributed by atoms with E-state index in [9.17, 15) is 5.11 Å². The van der Waals surface area contributed by atoms with Crippen LogP contribution in [0.5, 0.6) is 0 Å². The van der Waals surface area contributed by atoms with Gasteiger partial charge < -0.3 is 5.11 Å². The average Bonchev–Trinajstić information content (AvgIpc) is 3.40. The van der Waals surface area contributed by atoms with E-state index in [-0.39, 0.29) is 22.5 Å². The largest absolute Gasteiger partial charge is 0.508 e. The molecule has 1 unspecified atom stereocenters. The number of benzene rings is 2. The fraction of sp³-hybridized carbons (Fsp3) is 0.333. The Morgan fingerprint density at radius 2 is 1.53 bits per heavy atom. The summed E-state index contributed by atoms with van der Waals surface area (Å²) in [5, 5.41) is 34.3. The normalized spacial score (nSPS) is 17.6. The molecule has 0 amide bonds. The minimum Gasteiger partial charge on any atom is -0.508 e. The predicted octanol–water partition coefficient (Wildman–Crippen LogP) is 6.24. The van der Waals surface area contributed by atoms with Crippen molar-refractivity contribution in [1.82, 2.24) is 30.8 Å². The molecule has 4 aromatic rings. The van der Waals surface area contributed by atoms with Crippen LogP contribution in [0.4, 0.5) is 0 Å². The zero-order valence-electron chi connectivity index (χ0n) is 20.3. The summed E-state index contributed by atoms with van der Waals surface area (Å²) >= 11 is 0. The molecule has 0 aliphatic heterocycles. The van der Waals surface area contributed by atoms with E-state index in [1.807, 2.05) is 24.3 Å². The highest BCUT2D eigenvalue weighted by atomic mass is 16.3. The highest BCUT2D eigenvalue weighted by Gasteiger charge is 2.40. The van der Waals surface area contributed by atoms with Crippen LogP contribution in [0.15, 0.2) is 66.0 Å². The van der Waals surface area contributed by atoms with Gasteiger partial charge in [-0.1, -0.05) is 75.9 Å². The van der Waals surface area contributed by atoms with Crippen molar-refractivity contribution in [2.24, 2.45) is 10.8 Å². The summed E-state index contributed by atoms with van der Waals surface area (Å²) in [5.74, 6) is 0.0135. The number of nitrogens with zero attached hydrogens (tertiary/aromatic N) is 4. The number of H-pyrrole nitrogens is 2. The number of aromatic nitrogens is 6. The van der Waals surface area contributed by atoms with Crippen LogP contribution in [-0.4, -0.2) is 35.9 Å². The van der Waals surface area contributed by atoms with Crippen LogP contribution in [0.2, 0.25) is 0 Å². The molecule has 0 saturated carbocycles. The van der Waals surface area contributed by atoms with Crippen molar-refractivity contribution < 1.29 is 5.11 Å². The van der Waals surface area contributed by atoms with E-state index in [0.29, 0.717) is 0 Å². The first-order valence-corrected chi connectivity index (χ1v) is 11.5. The van der Waals surface area contributed by atoms with Crippen molar-refractivity contribution in [2.45, 2.75) is 47.0 Å². The van der Waals surface area contributed by atoms with Gasteiger partial charge in [-0.25, -0.2) is 0 Å². The van der Waals surface area contributed by atoms with Crippen LogP contribution in [0.1, 0.15) is 58.1 Å². The molecule has 2 heterocycles. The van der Waals surface area contributed by atoms with Crippen molar-refractivity contribution in [1.29, 1.82) is 0 Å². The van der Waals surface area contributed by atoms with Crippen LogP contribution in [0.3, 0.4) is 0 Å². The van der Waals surface area contributed by atoms with Crippen LogP contribution >= 0.6 is 0 Å². The molecule has 2 aromatic heterocycles. The van der Waals surface area contributed by atoms with E-state index >= 15 is 0 Å². The van der Waals surface area contributed by atoms with Gasteiger partial charge in [0.15, 0.2) is 0 Å². The topological polar surface area (TPSA) is 103 Å². The molecule has 34 heavy (non-hydrogen) atoms. The smallest absolute Gasteiger partial charge is 0.120 e. The minimum absolute atomic E-state index is 0.0534. The number of fused-ring (bicyclic) bond motifs is 2. The van der Waals surface area contributed by atoms with E-state index in [0.717, 1.165) is 56.3 Å². The maximum atomic E-state index is 11.4. The first kappa shape index (κ1) is 22.1. The second-order valence-electron chi connectivity index (χ2n) is 11.0. The van der Waals surface area contributed by atoms with Crippen molar-refractivity contribution in [2.75, 3.05) is 0 Å². The molecule has 0 saturated heterocycles. The Labute approximate surface area is 198 Å². The van der Waals surface area contributed by atoms with Crippen LogP contribution in [0.25, 0.3) is 27.6 Å². The Morgan fingerprint density at radius 3 is 2.21 bits per heavy atom. The van der Waals surface area contributed by atoms with Gasteiger partial charge in [0.2, 0.25) is 0 Å². The lowest BCUT2D eigenvalue weighted by Crippen LogP contribution is -2.28. The average molecular weight is 455 g/mol. The highest BCUT2D eigenvalue weighted by molar-refractivity contribution is 5.96. The molecular formula is C27H30N6O. The molecule has 174 valence electrons. The van der Waals surface area contributed by atoms with Crippen LogP contribution in [-0.2, 0) is 0 Å². The molecule has 1 atom stereocenters. The fourth-order valence-electron chi connectivity index (χ4n) is 5.78. The van der Waals surface area contributed by atoms with E-state index < -0.39 is 0 Å². The van der Waals surface area contributed by atoms with Crippen molar-refractivity contribution >= 4 is 27.6 Å². The number of aromatic amines is 2. The molecular weight excluding hydrogens is 424 g/mol. The van der Waals surface area contributed by atoms with Crippen molar-refractivity contribution in [3.05, 3.63) is 77.1 Å². The molecule has 1 aliphatic rings. The molecule has 5 rings (SSSR count). The number of allylic oxidation sites excluding steroid dienone is 4. The Morgan fingerprint density at radius 1 is 0.912 bits per heavy atom. The van der Waals surface area contributed by atoms with Gasteiger partial charge in [-0.15, -0.1) is 10.2 Å². The molecule has 2 aromatic carbocycles. The number of aliphatic hydroxyl groups excluding tert-OH is 1. The molecule has 7 heteroatoms. The summed E-state index contributed by atoms with van der Waals surface area (Å²) < 4.78 is 0. The lowest BCUT2D eigenvalue weighted by atomic mass is 9.64. The van der Waals surface area contributed by atoms with Crippen LogP contribution < -0.4 is 0 Å². The van der Waals surface area contributed by atoms with Gasteiger partial charge in [-0.3, -0.25) is 10.2 Å². The standard InChI is InChI=1S/C27H30N6O/c1-15-13-20(34)23(27(5,6)14-26(2,3)4)22(17-10-8-12-19-25(17)31-33-29-19)21(15)16-9-7-11-18-24(16)30-32-28-18/h7-13,21,34H,1,14H2,2-6H3,(H,28,30,32)(H,29,31,33). The summed E-state index contributed by atoms with van der Waals surface area (Å²) in [6, 6.07) is 12.0. The third-order valence-corrected chi connectivity index (χ3v) is 6.50. The Kier molecular flexibility index (Phi) is 4.97. The number of hydrogen-bond donors (Lipinski definition) is 3. The summed E-state index contributed by atoms with van der Waals surface area (Å²) in [4.78, 5) is 0. The van der Waals surface area contributed by atoms with E-state index in [1.165, 1.54) is 0 Å². The second-order valence-corrected chi connectivity index (χ2v) is 11.0. The summed E-state index contributed by atoms with van der Waals surface area (Å²) in [6.45, 7) is 15.4. The number of nitrogens with one attached hydrogen (secondary N) is 2. The number of aliphatic hydroxyl groups is 1. The first-order chi connectivity index (χ1) is 16.1. The Hall–Kier alpha value is -3.74. The molecule has 3 N–H and O–H groups in total. The van der Waals surface area contributed by atoms with E-state index in [4.69, 9.17) is 0 Å². The van der Waals surface area contributed by atoms with Crippen LogP contribution in [0, 0.1) is 10.8 Å². The summed E-state index contributed by atoms with van der Waals surface area (Å²) in [6.07, 6.45) is 2.68. The molecule has 0 radical (unpaired) electrons. The van der Waals surface area contributed by atoms with Gasteiger partial charge in [0.05, 0.1) is 11.0 Å². The van der Waals surface area contributed by atoms with Crippen molar-refractivity contribution in [3.8, 4) is 0 Å². The first-order valence-electron chi connectivity index (χ1n) is 11.5. The predicted molar refractivity (Wildman–Crippen MR) is 135 cm³/mol. The molecule has 7 nitrogen and oxygen atoms in total. The Balaban J connectivity index is 1.88. The van der Waals surface area contributed by atoms with Gasteiger partial charge in [0, 0.05) is 17.1 Å². The quantitative estimate of drug-likeness (QED) is 0.339. The van der Waals surface area contributed by atoms with Gasteiger partial charge in [-0.2, -0.15) is 0 Å².